The third-order valence-electron chi connectivity index (χ3n) is 15.9. The number of hydrogen-bond acceptors (Lipinski definition) is 4. The van der Waals surface area contributed by atoms with E-state index in [-0.39, 0.29) is 5.69 Å². The van der Waals surface area contributed by atoms with Crippen molar-refractivity contribution in [1.29, 1.82) is 5.26 Å². The summed E-state index contributed by atoms with van der Waals surface area (Å²) in [7, 11) is 0. The molecule has 0 aliphatic carbocycles. The van der Waals surface area contributed by atoms with Gasteiger partial charge in [-0.25, -0.2) is 4.85 Å². The van der Waals surface area contributed by atoms with E-state index in [1.807, 2.05) is 0 Å². The van der Waals surface area contributed by atoms with E-state index in [2.05, 4.69) is 270 Å². The molecule has 0 amide bonds. The third kappa shape index (κ3) is 6.98. The van der Waals surface area contributed by atoms with Gasteiger partial charge in [-0.05, 0) is 143 Å². The molecule has 9 aromatic rings. The Morgan fingerprint density at radius 2 is 0.685 bits per heavy atom. The molecule has 0 bridgehead atoms. The van der Waals surface area contributed by atoms with Gasteiger partial charge in [0.2, 0.25) is 5.69 Å². The van der Waals surface area contributed by atoms with Crippen LogP contribution in [0.2, 0.25) is 0 Å². The minimum Gasteiger partial charge on any atom is -0.360 e. The van der Waals surface area contributed by atoms with Crippen LogP contribution in [-0.4, -0.2) is 0 Å². The van der Waals surface area contributed by atoms with Crippen LogP contribution in [0.15, 0.2) is 194 Å². The molecule has 3 heterocycles. The van der Waals surface area contributed by atoms with Crippen LogP contribution in [0.1, 0.15) is 94.3 Å². The van der Waals surface area contributed by atoms with Gasteiger partial charge in [0.25, 0.3) is 0 Å². The van der Waals surface area contributed by atoms with Gasteiger partial charge in [-0.2, -0.15) is 5.26 Å². The topological polar surface area (TPSA) is 43.9 Å². The van der Waals surface area contributed by atoms with Gasteiger partial charge in [-0.3, -0.25) is 0 Å². The fourth-order valence-electron chi connectivity index (χ4n) is 12.5. The fraction of sp³-hybridized carbons (Fsp3) is 0.176. The van der Waals surface area contributed by atoms with Gasteiger partial charge in [-0.15, -0.1) is 0 Å². The van der Waals surface area contributed by atoms with E-state index < -0.39 is 22.0 Å². The molecule has 5 nitrogen and oxygen atoms in total. The van der Waals surface area contributed by atoms with Gasteiger partial charge in [0.05, 0.1) is 52.2 Å². The van der Waals surface area contributed by atoms with Gasteiger partial charge < -0.3 is 14.5 Å². The second-order valence-corrected chi connectivity index (χ2v) is 21.8. The average molecular weight is 945 g/mol. The van der Waals surface area contributed by atoms with Crippen LogP contribution in [0.4, 0.5) is 39.8 Å². The highest BCUT2D eigenvalue weighted by Gasteiger charge is 2.53. The highest BCUT2D eigenvalue weighted by Crippen LogP contribution is 2.66. The van der Waals surface area contributed by atoms with E-state index in [4.69, 9.17) is 4.74 Å². The van der Waals surface area contributed by atoms with Gasteiger partial charge in [0.15, 0.2) is 0 Å². The lowest BCUT2D eigenvalue weighted by Crippen LogP contribution is -2.33. The molecular weight excluding hydrogens is 889 g/mol. The SMILES string of the molecule is [C-]#[N+]c1c(C#N)c(N2c3ccc(-c4ccccc4)cc3C(C)(C)c3cc(-c4ccccc4)ccc32)c2c(c1N1c3ccc(-c4ccccc4)cc3C(C)(C)c3cc(-c4ccccc4)ccc31)C(C)(C)OC2(C)C. The molecule has 0 radical (unpaired) electrons. The summed E-state index contributed by atoms with van der Waals surface area (Å²) in [5.74, 6) is 0. The molecule has 0 saturated heterocycles. The first-order chi connectivity index (χ1) is 35.1. The fourth-order valence-corrected chi connectivity index (χ4v) is 12.5. The molecule has 0 unspecified atom stereocenters. The number of hydrogen-bond donors (Lipinski definition) is 0. The van der Waals surface area contributed by atoms with Crippen LogP contribution in [0.5, 0.6) is 0 Å². The summed E-state index contributed by atoms with van der Waals surface area (Å²) in [6, 6.07) is 71.8. The number of rotatable bonds is 6. The summed E-state index contributed by atoms with van der Waals surface area (Å²) in [6.45, 7) is 27.1. The molecule has 9 aromatic carbocycles. The van der Waals surface area contributed by atoms with Crippen LogP contribution < -0.4 is 9.80 Å². The van der Waals surface area contributed by atoms with Crippen LogP contribution in [0, 0.1) is 17.9 Å². The zero-order chi connectivity index (χ0) is 50.6. The van der Waals surface area contributed by atoms with Crippen LogP contribution in [0.3, 0.4) is 0 Å². The summed E-state index contributed by atoms with van der Waals surface area (Å²) in [5.41, 5.74) is 18.3. The van der Waals surface area contributed by atoms with Crippen molar-refractivity contribution in [2.45, 2.75) is 77.4 Å². The molecule has 0 aromatic heterocycles. The van der Waals surface area contributed by atoms with Crippen molar-refractivity contribution in [3.05, 3.63) is 244 Å². The Morgan fingerprint density at radius 3 is 0.973 bits per heavy atom. The third-order valence-corrected chi connectivity index (χ3v) is 15.9. The number of nitrogens with zero attached hydrogens (tertiary/aromatic N) is 4. The number of benzene rings is 9. The Balaban J connectivity index is 1.19. The van der Waals surface area contributed by atoms with Gasteiger partial charge in [0.1, 0.15) is 0 Å². The minimum atomic E-state index is -0.911. The maximum Gasteiger partial charge on any atom is 0.230 e. The lowest BCUT2D eigenvalue weighted by atomic mass is 9.71. The molecule has 12 rings (SSSR count). The van der Waals surface area contributed by atoms with E-state index in [1.54, 1.807) is 0 Å². The highest BCUT2D eigenvalue weighted by atomic mass is 16.5. The second-order valence-electron chi connectivity index (χ2n) is 21.8. The molecule has 0 saturated carbocycles. The average Bonchev–Trinajstić information content (AvgIpc) is 3.61. The number of anilines is 6. The minimum absolute atomic E-state index is 0.288. The van der Waals surface area contributed by atoms with Crippen molar-refractivity contribution < 1.29 is 4.74 Å². The predicted molar refractivity (Wildman–Crippen MR) is 300 cm³/mol. The predicted octanol–water partition coefficient (Wildman–Crippen LogP) is 18.5. The van der Waals surface area contributed by atoms with E-state index in [0.717, 1.165) is 101 Å². The summed E-state index contributed by atoms with van der Waals surface area (Å²) < 4.78 is 7.34. The van der Waals surface area contributed by atoms with E-state index in [9.17, 15) is 11.8 Å². The molecular formula is C68H56N4O. The van der Waals surface area contributed by atoms with E-state index in [1.165, 1.54) is 0 Å². The Bertz CT molecular complexity index is 3350. The molecule has 5 heteroatoms. The summed E-state index contributed by atoms with van der Waals surface area (Å²) >= 11 is 0. The Hall–Kier alpha value is -8.48. The number of nitriles is 1. The van der Waals surface area contributed by atoms with Gasteiger partial charge in [-0.1, -0.05) is 173 Å². The number of ether oxygens (including phenoxy) is 1. The maximum absolute atomic E-state index is 12.0. The lowest BCUT2D eigenvalue weighted by Gasteiger charge is -2.46. The quantitative estimate of drug-likeness (QED) is 0.156. The first-order valence-electron chi connectivity index (χ1n) is 25.3. The van der Waals surface area contributed by atoms with Gasteiger partial charge >= 0.3 is 0 Å². The van der Waals surface area contributed by atoms with Crippen LogP contribution in [-0.2, 0) is 26.8 Å². The Labute approximate surface area is 430 Å². The molecule has 0 atom stereocenters. The van der Waals surface area contributed by atoms with E-state index >= 15 is 0 Å². The van der Waals surface area contributed by atoms with Crippen LogP contribution >= 0.6 is 0 Å². The Morgan fingerprint density at radius 1 is 0.397 bits per heavy atom. The zero-order valence-electron chi connectivity index (χ0n) is 42.7. The van der Waals surface area contributed by atoms with Crippen LogP contribution in [0.25, 0.3) is 49.4 Å². The molecule has 0 fully saturated rings. The second kappa shape index (κ2) is 16.5. The molecule has 3 aliphatic rings. The molecule has 354 valence electrons. The first kappa shape index (κ1) is 45.6. The Kier molecular flexibility index (Phi) is 10.3. The lowest BCUT2D eigenvalue weighted by molar-refractivity contribution is -0.104. The van der Waals surface area contributed by atoms with Crippen molar-refractivity contribution in [3.8, 4) is 50.6 Å². The molecule has 0 spiro atoms. The smallest absolute Gasteiger partial charge is 0.230 e. The van der Waals surface area contributed by atoms with Gasteiger partial charge in [0, 0.05) is 33.3 Å². The van der Waals surface area contributed by atoms with Crippen molar-refractivity contribution in [3.63, 3.8) is 0 Å². The number of fused-ring (bicyclic) bond motifs is 5. The normalized spacial score (nSPS) is 16.0. The molecule has 3 aliphatic heterocycles. The highest BCUT2D eigenvalue weighted by molar-refractivity contribution is 6.03. The largest absolute Gasteiger partial charge is 0.360 e. The van der Waals surface area contributed by atoms with Crippen molar-refractivity contribution in [2.75, 3.05) is 9.80 Å². The molecule has 73 heavy (non-hydrogen) atoms. The summed E-state index contributed by atoms with van der Waals surface area (Å²) in [6.07, 6.45) is 0. The van der Waals surface area contributed by atoms with E-state index in [0.29, 0.717) is 16.9 Å². The summed E-state index contributed by atoms with van der Waals surface area (Å²) in [4.78, 5) is 9.11. The zero-order valence-corrected chi connectivity index (χ0v) is 42.7. The standard InChI is InChI=1S/C68H56N4O/c1-65(2)52-38-47(43-22-14-10-15-23-43)30-34-56(52)71(57-35-31-48(39-53(57)65)44-24-16-11-17-25-44)63-51(42-69)62(70-9)64(61-60(63)67(5,6)73-68(61,7)8)72-58-36-32-49(45-26-18-12-19-27-45)40-54(58)66(3,4)55-41-50(33-37-59(55)72)46-28-20-13-21-29-46/h10-41H,1-8H3. The first-order valence-corrected chi connectivity index (χ1v) is 25.3. The maximum atomic E-state index is 12.0. The summed E-state index contributed by atoms with van der Waals surface area (Å²) in [5, 5.41) is 12.0. The molecule has 0 N–H and O–H groups in total. The van der Waals surface area contributed by atoms with Crippen molar-refractivity contribution in [2.24, 2.45) is 0 Å². The van der Waals surface area contributed by atoms with Crippen molar-refractivity contribution >= 4 is 39.8 Å². The van der Waals surface area contributed by atoms with Crippen molar-refractivity contribution in [1.82, 2.24) is 0 Å². The monoisotopic (exact) mass is 944 g/mol.